The van der Waals surface area contributed by atoms with Gasteiger partial charge in [-0.15, -0.1) is 10.2 Å². The fourth-order valence-electron chi connectivity index (χ4n) is 4.16. The Labute approximate surface area is 202 Å². The smallest absolute Gasteiger partial charge is 0.254 e. The summed E-state index contributed by atoms with van der Waals surface area (Å²) in [4.78, 5) is 19.3. The highest BCUT2D eigenvalue weighted by Gasteiger charge is 2.23. The number of benzene rings is 2. The number of hydrogen-bond donors (Lipinski definition) is 0. The SMILES string of the molecule is COc1ccccc1-n1c(SCc2ccccc2C(=O)N2CCCC2)nnc1-c1cccnc1. The Morgan fingerprint density at radius 3 is 2.59 bits per heavy atom. The number of nitrogens with zero attached hydrogens (tertiary/aromatic N) is 5. The average Bonchev–Trinajstić information content (AvgIpc) is 3.58. The second kappa shape index (κ2) is 10.1. The summed E-state index contributed by atoms with van der Waals surface area (Å²) in [6.07, 6.45) is 5.65. The van der Waals surface area contributed by atoms with Crippen molar-refractivity contribution in [3.63, 3.8) is 0 Å². The molecule has 5 rings (SSSR count). The molecule has 7 nitrogen and oxygen atoms in total. The quantitative estimate of drug-likeness (QED) is 0.358. The molecule has 4 aromatic rings. The molecule has 0 saturated carbocycles. The molecule has 8 heteroatoms. The van der Waals surface area contributed by atoms with Crippen LogP contribution in [0.1, 0.15) is 28.8 Å². The Balaban J connectivity index is 1.50. The van der Waals surface area contributed by atoms with Gasteiger partial charge < -0.3 is 9.64 Å². The van der Waals surface area contributed by atoms with Gasteiger partial charge in [0.15, 0.2) is 11.0 Å². The largest absolute Gasteiger partial charge is 0.495 e. The summed E-state index contributed by atoms with van der Waals surface area (Å²) in [7, 11) is 1.65. The minimum absolute atomic E-state index is 0.107. The van der Waals surface area contributed by atoms with Crippen LogP contribution in [0.5, 0.6) is 5.75 Å². The minimum atomic E-state index is 0.107. The maximum Gasteiger partial charge on any atom is 0.254 e. The zero-order chi connectivity index (χ0) is 23.3. The van der Waals surface area contributed by atoms with Crippen LogP contribution in [-0.2, 0) is 5.75 Å². The van der Waals surface area contributed by atoms with Gasteiger partial charge in [0, 0.05) is 42.4 Å². The van der Waals surface area contributed by atoms with Crippen molar-refractivity contribution < 1.29 is 9.53 Å². The molecule has 0 unspecified atom stereocenters. The van der Waals surface area contributed by atoms with Crippen molar-refractivity contribution in [2.45, 2.75) is 23.8 Å². The normalized spacial score (nSPS) is 13.3. The molecule has 0 radical (unpaired) electrons. The molecule has 2 aromatic heterocycles. The molecule has 0 atom stereocenters. The first kappa shape index (κ1) is 22.2. The van der Waals surface area contributed by atoms with E-state index in [1.165, 1.54) is 0 Å². The predicted octanol–water partition coefficient (Wildman–Crippen LogP) is 4.87. The van der Waals surface area contributed by atoms with Crippen LogP contribution < -0.4 is 4.74 Å². The maximum absolute atomic E-state index is 13.1. The molecule has 0 spiro atoms. The first-order valence-corrected chi connectivity index (χ1v) is 12.2. The predicted molar refractivity (Wildman–Crippen MR) is 132 cm³/mol. The minimum Gasteiger partial charge on any atom is -0.495 e. The Morgan fingerprint density at radius 1 is 1.00 bits per heavy atom. The third-order valence-electron chi connectivity index (χ3n) is 5.88. The highest BCUT2D eigenvalue weighted by atomic mass is 32.2. The summed E-state index contributed by atoms with van der Waals surface area (Å²) >= 11 is 1.55. The van der Waals surface area contributed by atoms with Crippen LogP contribution in [-0.4, -0.2) is 50.8 Å². The molecule has 0 bridgehead atoms. The van der Waals surface area contributed by atoms with Crippen molar-refractivity contribution in [2.24, 2.45) is 0 Å². The number of amides is 1. The summed E-state index contributed by atoms with van der Waals surface area (Å²) < 4.78 is 7.63. The van der Waals surface area contributed by atoms with Crippen molar-refractivity contribution in [3.05, 3.63) is 84.2 Å². The summed E-state index contributed by atoms with van der Waals surface area (Å²) in [5.74, 6) is 2.10. The first-order valence-electron chi connectivity index (χ1n) is 11.3. The molecule has 0 aliphatic carbocycles. The Hall–Kier alpha value is -3.65. The van der Waals surface area contributed by atoms with E-state index in [1.807, 2.05) is 70.1 Å². The maximum atomic E-state index is 13.1. The van der Waals surface area contributed by atoms with Crippen LogP contribution in [0.15, 0.2) is 78.2 Å². The lowest BCUT2D eigenvalue weighted by atomic mass is 10.1. The van der Waals surface area contributed by atoms with Crippen molar-refractivity contribution >= 4 is 17.7 Å². The number of aromatic nitrogens is 4. The van der Waals surface area contributed by atoms with E-state index >= 15 is 0 Å². The molecular formula is C26H25N5O2S. The second-order valence-electron chi connectivity index (χ2n) is 8.00. The molecule has 1 aliphatic heterocycles. The standard InChI is InChI=1S/C26H25N5O2S/c1-33-23-13-5-4-12-22(23)31-24(19-10-8-14-27-17-19)28-29-26(31)34-18-20-9-2-3-11-21(20)25(32)30-15-6-7-16-30/h2-5,8-14,17H,6-7,15-16,18H2,1H3. The van der Waals surface area contributed by atoms with Crippen LogP contribution in [0, 0.1) is 0 Å². The number of likely N-dealkylation sites (tertiary alicyclic amines) is 1. The number of methoxy groups -OCH3 is 1. The van der Waals surface area contributed by atoms with Gasteiger partial charge in [0.25, 0.3) is 5.91 Å². The van der Waals surface area contributed by atoms with Gasteiger partial charge in [-0.3, -0.25) is 14.3 Å². The van der Waals surface area contributed by atoms with E-state index in [0.29, 0.717) is 16.7 Å². The molecule has 1 saturated heterocycles. The lowest BCUT2D eigenvalue weighted by Crippen LogP contribution is -2.28. The summed E-state index contributed by atoms with van der Waals surface area (Å²) in [6, 6.07) is 19.5. The van der Waals surface area contributed by atoms with E-state index in [4.69, 9.17) is 4.74 Å². The molecule has 172 valence electrons. The third kappa shape index (κ3) is 4.41. The molecule has 0 N–H and O–H groups in total. The number of carbonyl (C=O) groups is 1. The van der Waals surface area contributed by atoms with E-state index in [1.54, 1.807) is 31.3 Å². The number of hydrogen-bond acceptors (Lipinski definition) is 6. The van der Waals surface area contributed by atoms with Gasteiger partial charge in [0.05, 0.1) is 12.8 Å². The van der Waals surface area contributed by atoms with Gasteiger partial charge in [-0.05, 0) is 48.7 Å². The fourth-order valence-corrected chi connectivity index (χ4v) is 5.11. The molecule has 1 amide bonds. The Kier molecular flexibility index (Phi) is 6.58. The molecule has 3 heterocycles. The number of ether oxygens (including phenoxy) is 1. The van der Waals surface area contributed by atoms with Crippen molar-refractivity contribution in [1.29, 1.82) is 0 Å². The van der Waals surface area contributed by atoms with Gasteiger partial charge in [0.1, 0.15) is 5.75 Å². The van der Waals surface area contributed by atoms with E-state index < -0.39 is 0 Å². The molecule has 1 aliphatic rings. The van der Waals surface area contributed by atoms with Crippen LogP contribution in [0.4, 0.5) is 0 Å². The van der Waals surface area contributed by atoms with Crippen LogP contribution in [0.25, 0.3) is 17.1 Å². The van der Waals surface area contributed by atoms with Crippen LogP contribution >= 0.6 is 11.8 Å². The topological polar surface area (TPSA) is 73.1 Å². The molecular weight excluding hydrogens is 446 g/mol. The number of pyridine rings is 1. The van der Waals surface area contributed by atoms with Crippen molar-refractivity contribution in [1.82, 2.24) is 24.6 Å². The van der Waals surface area contributed by atoms with E-state index in [2.05, 4.69) is 15.2 Å². The monoisotopic (exact) mass is 471 g/mol. The molecule has 2 aromatic carbocycles. The highest BCUT2D eigenvalue weighted by Crippen LogP contribution is 2.34. The van der Waals surface area contributed by atoms with E-state index in [-0.39, 0.29) is 5.91 Å². The summed E-state index contributed by atoms with van der Waals surface area (Å²) in [5.41, 5.74) is 3.45. The number of thioether (sulfide) groups is 1. The van der Waals surface area contributed by atoms with Gasteiger partial charge in [0.2, 0.25) is 0 Å². The average molecular weight is 472 g/mol. The summed E-state index contributed by atoms with van der Waals surface area (Å²) in [5, 5.41) is 9.72. The van der Waals surface area contributed by atoms with Crippen molar-refractivity contribution in [2.75, 3.05) is 20.2 Å². The van der Waals surface area contributed by atoms with Gasteiger partial charge in [-0.25, -0.2) is 0 Å². The van der Waals surface area contributed by atoms with E-state index in [0.717, 1.165) is 54.1 Å². The number of rotatable bonds is 7. The summed E-state index contributed by atoms with van der Waals surface area (Å²) in [6.45, 7) is 1.66. The molecule has 34 heavy (non-hydrogen) atoms. The fraction of sp³-hybridized carbons (Fsp3) is 0.231. The lowest BCUT2D eigenvalue weighted by Gasteiger charge is -2.18. The third-order valence-corrected chi connectivity index (χ3v) is 6.85. The van der Waals surface area contributed by atoms with E-state index in [9.17, 15) is 4.79 Å². The zero-order valence-corrected chi connectivity index (χ0v) is 19.7. The second-order valence-corrected chi connectivity index (χ2v) is 8.94. The van der Waals surface area contributed by atoms with Gasteiger partial charge in [-0.1, -0.05) is 42.1 Å². The first-order chi connectivity index (χ1) is 16.8. The van der Waals surface area contributed by atoms with Crippen LogP contribution in [0.3, 0.4) is 0 Å². The van der Waals surface area contributed by atoms with Crippen molar-refractivity contribution in [3.8, 4) is 22.8 Å². The highest BCUT2D eigenvalue weighted by molar-refractivity contribution is 7.98. The Bertz CT molecular complexity index is 1290. The lowest BCUT2D eigenvalue weighted by molar-refractivity contribution is 0.0792. The zero-order valence-electron chi connectivity index (χ0n) is 18.9. The Morgan fingerprint density at radius 2 is 1.79 bits per heavy atom. The number of para-hydroxylation sites is 2. The van der Waals surface area contributed by atoms with Gasteiger partial charge >= 0.3 is 0 Å². The molecule has 1 fully saturated rings. The van der Waals surface area contributed by atoms with Crippen LogP contribution in [0.2, 0.25) is 0 Å². The van der Waals surface area contributed by atoms with Gasteiger partial charge in [-0.2, -0.15) is 0 Å². The number of carbonyl (C=O) groups excluding carboxylic acids is 1.